The van der Waals surface area contributed by atoms with Gasteiger partial charge in [-0.25, -0.2) is 0 Å². The Hall–Kier alpha value is -2.43. The van der Waals surface area contributed by atoms with E-state index in [0.29, 0.717) is 12.1 Å². The fourth-order valence-corrected chi connectivity index (χ4v) is 4.39. The van der Waals surface area contributed by atoms with Crippen LogP contribution in [-0.4, -0.2) is 12.5 Å². The first-order valence-corrected chi connectivity index (χ1v) is 10.4. The summed E-state index contributed by atoms with van der Waals surface area (Å²) < 4.78 is 0. The average molecular weight is 393 g/mol. The van der Waals surface area contributed by atoms with E-state index in [0.717, 1.165) is 18.4 Å². The molecule has 0 saturated heterocycles. The number of thiophene rings is 1. The molecule has 0 aliphatic rings. The zero-order valence-corrected chi connectivity index (χ0v) is 17.6. The van der Waals surface area contributed by atoms with E-state index in [4.69, 9.17) is 11.5 Å². The van der Waals surface area contributed by atoms with Gasteiger partial charge in [0.25, 0.3) is 0 Å². The van der Waals surface area contributed by atoms with Crippen molar-refractivity contribution in [3.05, 3.63) is 71.3 Å². The van der Waals surface area contributed by atoms with Gasteiger partial charge in [-0.2, -0.15) is 0 Å². The molecule has 0 radical (unpaired) electrons. The molecule has 0 spiro atoms. The van der Waals surface area contributed by atoms with Gasteiger partial charge < -0.3 is 11.5 Å². The first kappa shape index (κ1) is 20.3. The fraction of sp³-hybridized carbons (Fsp3) is 0.292. The van der Waals surface area contributed by atoms with Crippen LogP contribution < -0.4 is 11.5 Å². The molecule has 3 nitrogen and oxygen atoms in total. The molecule has 2 aromatic carbocycles. The quantitative estimate of drug-likeness (QED) is 0.592. The number of aryl methyl sites for hydroxylation is 1. The molecule has 0 aliphatic heterocycles. The number of hydrogen-bond donors (Lipinski definition) is 2. The summed E-state index contributed by atoms with van der Waals surface area (Å²) in [6.45, 7) is 7.50. The van der Waals surface area contributed by atoms with Gasteiger partial charge in [-0.3, -0.25) is 4.79 Å². The molecule has 4 N–H and O–H groups in total. The van der Waals surface area contributed by atoms with Gasteiger partial charge in [0.15, 0.2) is 0 Å². The lowest BCUT2D eigenvalue weighted by Crippen LogP contribution is -2.15. The maximum absolute atomic E-state index is 11.3. The Morgan fingerprint density at radius 3 is 2.11 bits per heavy atom. The topological polar surface area (TPSA) is 69.1 Å². The van der Waals surface area contributed by atoms with Gasteiger partial charge in [-0.15, -0.1) is 11.3 Å². The molecule has 1 amide bonds. The summed E-state index contributed by atoms with van der Waals surface area (Å²) in [5, 5.41) is 0. The maximum Gasteiger partial charge on any atom is 0.248 e. The van der Waals surface area contributed by atoms with Gasteiger partial charge in [-0.1, -0.05) is 45.0 Å². The molecule has 1 aromatic heterocycles. The van der Waals surface area contributed by atoms with E-state index in [1.165, 1.54) is 26.4 Å². The zero-order valence-electron chi connectivity index (χ0n) is 16.8. The third kappa shape index (κ3) is 4.51. The monoisotopic (exact) mass is 392 g/mol. The lowest BCUT2D eigenvalue weighted by Gasteiger charge is -2.24. The van der Waals surface area contributed by atoms with Crippen LogP contribution in [0.2, 0.25) is 0 Å². The van der Waals surface area contributed by atoms with Crippen LogP contribution in [0.5, 0.6) is 0 Å². The summed E-state index contributed by atoms with van der Waals surface area (Å²) in [6, 6.07) is 18.6. The largest absolute Gasteiger partial charge is 0.366 e. The van der Waals surface area contributed by atoms with Gasteiger partial charge in [0.2, 0.25) is 5.91 Å². The predicted molar refractivity (Wildman–Crippen MR) is 120 cm³/mol. The number of nitrogens with two attached hydrogens (primary N) is 2. The summed E-state index contributed by atoms with van der Waals surface area (Å²) in [6.07, 6.45) is 2.03. The molecule has 4 heteroatoms. The summed E-state index contributed by atoms with van der Waals surface area (Å²) in [7, 11) is 0. The normalized spacial score (nSPS) is 11.6. The minimum absolute atomic E-state index is 0.0879. The first-order chi connectivity index (χ1) is 13.3. The van der Waals surface area contributed by atoms with E-state index in [9.17, 15) is 4.79 Å². The second kappa shape index (κ2) is 8.29. The van der Waals surface area contributed by atoms with E-state index < -0.39 is 5.91 Å². The second-order valence-electron chi connectivity index (χ2n) is 8.12. The van der Waals surface area contributed by atoms with Crippen LogP contribution in [-0.2, 0) is 11.8 Å². The van der Waals surface area contributed by atoms with Crippen LogP contribution in [0, 0.1) is 0 Å². The van der Waals surface area contributed by atoms with E-state index in [1.807, 2.05) is 12.1 Å². The van der Waals surface area contributed by atoms with Crippen molar-refractivity contribution in [1.29, 1.82) is 0 Å². The molecule has 3 aromatic rings. The number of carbonyl (C=O) groups excluding carboxylic acids is 1. The summed E-state index contributed by atoms with van der Waals surface area (Å²) in [4.78, 5) is 13.7. The SMILES string of the molecule is CC(C)(C)c1cc(-c2ccc(-c3ccc(C(N)=O)cc3)s2)ccc1CCCN. The van der Waals surface area contributed by atoms with Crippen molar-refractivity contribution in [2.45, 2.75) is 39.0 Å². The van der Waals surface area contributed by atoms with Crippen molar-refractivity contribution in [1.82, 2.24) is 0 Å². The number of carbonyl (C=O) groups is 1. The Balaban J connectivity index is 1.93. The van der Waals surface area contributed by atoms with E-state index in [-0.39, 0.29) is 5.41 Å². The van der Waals surface area contributed by atoms with Crippen LogP contribution in [0.15, 0.2) is 54.6 Å². The minimum Gasteiger partial charge on any atom is -0.366 e. The average Bonchev–Trinajstić information content (AvgIpc) is 3.15. The Morgan fingerprint density at radius 2 is 1.54 bits per heavy atom. The maximum atomic E-state index is 11.3. The van der Waals surface area contributed by atoms with Gasteiger partial charge in [-0.05, 0) is 77.4 Å². The summed E-state index contributed by atoms with van der Waals surface area (Å²) >= 11 is 1.76. The fourth-order valence-electron chi connectivity index (χ4n) is 3.39. The lowest BCUT2D eigenvalue weighted by molar-refractivity contribution is 0.100. The molecule has 0 aliphatic carbocycles. The highest BCUT2D eigenvalue weighted by Gasteiger charge is 2.19. The van der Waals surface area contributed by atoms with E-state index in [2.05, 4.69) is 51.1 Å². The van der Waals surface area contributed by atoms with Crippen LogP contribution in [0.25, 0.3) is 20.9 Å². The Kier molecular flexibility index (Phi) is 6.01. The highest BCUT2D eigenvalue weighted by Crippen LogP contribution is 2.37. The Bertz CT molecular complexity index is 965. The highest BCUT2D eigenvalue weighted by atomic mass is 32.1. The highest BCUT2D eigenvalue weighted by molar-refractivity contribution is 7.18. The van der Waals surface area contributed by atoms with Crippen molar-refractivity contribution >= 4 is 17.2 Å². The third-order valence-electron chi connectivity index (χ3n) is 4.91. The molecule has 0 saturated carbocycles. The number of rotatable bonds is 6. The second-order valence-corrected chi connectivity index (χ2v) is 9.20. The molecule has 0 atom stereocenters. The smallest absolute Gasteiger partial charge is 0.248 e. The third-order valence-corrected chi connectivity index (χ3v) is 6.10. The van der Waals surface area contributed by atoms with Crippen molar-refractivity contribution in [2.24, 2.45) is 11.5 Å². The first-order valence-electron chi connectivity index (χ1n) is 9.63. The van der Waals surface area contributed by atoms with Crippen molar-refractivity contribution in [3.8, 4) is 20.9 Å². The molecule has 0 fully saturated rings. The molecular formula is C24H28N2OS. The van der Waals surface area contributed by atoms with Crippen LogP contribution in [0.4, 0.5) is 0 Å². The number of amides is 1. The molecule has 0 unspecified atom stereocenters. The lowest BCUT2D eigenvalue weighted by atomic mass is 9.81. The van der Waals surface area contributed by atoms with Crippen LogP contribution in [0.3, 0.4) is 0 Å². The minimum atomic E-state index is -0.400. The predicted octanol–water partition coefficient (Wildman–Crippen LogP) is 5.37. The molecule has 146 valence electrons. The molecule has 3 rings (SSSR count). The van der Waals surface area contributed by atoms with Gasteiger partial charge in [0.05, 0.1) is 0 Å². The molecule has 28 heavy (non-hydrogen) atoms. The Labute approximate surface area is 171 Å². The van der Waals surface area contributed by atoms with Crippen molar-refractivity contribution in [3.63, 3.8) is 0 Å². The van der Waals surface area contributed by atoms with Gasteiger partial charge in [0.1, 0.15) is 0 Å². The summed E-state index contributed by atoms with van der Waals surface area (Å²) in [5.74, 6) is -0.400. The molecule has 1 heterocycles. The Morgan fingerprint density at radius 1 is 0.929 bits per heavy atom. The van der Waals surface area contributed by atoms with Gasteiger partial charge >= 0.3 is 0 Å². The zero-order chi connectivity index (χ0) is 20.3. The van der Waals surface area contributed by atoms with Crippen LogP contribution >= 0.6 is 11.3 Å². The number of primary amides is 1. The van der Waals surface area contributed by atoms with Gasteiger partial charge in [0, 0.05) is 15.3 Å². The number of benzene rings is 2. The summed E-state index contributed by atoms with van der Waals surface area (Å²) in [5.41, 5.74) is 16.8. The standard InChI is InChI=1S/C24H28N2OS/c1-24(2,3)20-15-19(11-6-16(20)5-4-14-25)22-13-12-21(28-22)17-7-9-18(10-8-17)23(26)27/h6-13,15H,4-5,14,25H2,1-3H3,(H2,26,27). The van der Waals surface area contributed by atoms with E-state index >= 15 is 0 Å². The van der Waals surface area contributed by atoms with Crippen molar-refractivity contribution < 1.29 is 4.79 Å². The number of hydrogen-bond acceptors (Lipinski definition) is 3. The molecular weight excluding hydrogens is 364 g/mol. The van der Waals surface area contributed by atoms with Crippen LogP contribution in [0.1, 0.15) is 48.7 Å². The van der Waals surface area contributed by atoms with Crippen molar-refractivity contribution in [2.75, 3.05) is 6.54 Å². The molecule has 0 bridgehead atoms. The van der Waals surface area contributed by atoms with E-state index in [1.54, 1.807) is 23.5 Å².